The van der Waals surface area contributed by atoms with Crippen molar-refractivity contribution in [3.63, 3.8) is 0 Å². The number of rotatable bonds is 9. The SMILES string of the molecule is COc1ccc(N=Nc2c(S(=O)(=O)O)cc3cc(Nc4nc(Cl)nc(N(C)c5ccccc5C)n4)ccc3c2O)c(S(=O)(=O)O)c1.[Na].[Na]. The first-order valence-electron chi connectivity index (χ1n) is 13.0. The molecule has 2 radical (unpaired) electrons. The molecule has 0 aliphatic carbocycles. The van der Waals surface area contributed by atoms with Gasteiger partial charge in [0.1, 0.15) is 26.9 Å². The largest absolute Gasteiger partial charge is 0.505 e. The van der Waals surface area contributed by atoms with E-state index in [1.165, 1.54) is 31.4 Å². The number of phenols is 1. The van der Waals surface area contributed by atoms with Gasteiger partial charge in [-0.25, -0.2) is 0 Å². The van der Waals surface area contributed by atoms with E-state index in [-0.39, 0.29) is 92.8 Å². The maximum atomic E-state index is 12.4. The molecule has 15 nitrogen and oxygen atoms in total. The second kappa shape index (κ2) is 15.7. The topological polar surface area (TPSA) is 217 Å². The Kier molecular flexibility index (Phi) is 12.9. The number of anilines is 4. The van der Waals surface area contributed by atoms with Crippen LogP contribution in [-0.2, 0) is 20.2 Å². The summed E-state index contributed by atoms with van der Waals surface area (Å²) in [5.74, 6) is -0.300. The van der Waals surface area contributed by atoms with Crippen LogP contribution in [0.5, 0.6) is 11.5 Å². The van der Waals surface area contributed by atoms with Crippen LogP contribution in [0.15, 0.2) is 86.7 Å². The molecule has 0 saturated carbocycles. The van der Waals surface area contributed by atoms with Gasteiger partial charge in [-0.15, -0.1) is 10.2 Å². The summed E-state index contributed by atoms with van der Waals surface area (Å²) in [6.45, 7) is 1.93. The quantitative estimate of drug-likeness (QED) is 0.0854. The van der Waals surface area contributed by atoms with Crippen LogP contribution in [0.1, 0.15) is 5.56 Å². The van der Waals surface area contributed by atoms with E-state index in [0.717, 1.165) is 29.4 Å². The van der Waals surface area contributed by atoms with Crippen LogP contribution in [0.25, 0.3) is 10.8 Å². The van der Waals surface area contributed by atoms with Crippen LogP contribution in [0.2, 0.25) is 5.28 Å². The maximum absolute atomic E-state index is 12.4. The van der Waals surface area contributed by atoms with Gasteiger partial charge < -0.3 is 20.1 Å². The van der Waals surface area contributed by atoms with Crippen molar-refractivity contribution in [3.05, 3.63) is 77.6 Å². The van der Waals surface area contributed by atoms with Crippen LogP contribution < -0.4 is 15.0 Å². The molecule has 0 fully saturated rings. The summed E-state index contributed by atoms with van der Waals surface area (Å²) in [5, 5.41) is 21.6. The smallest absolute Gasteiger partial charge is 0.296 e. The number of azo groups is 1. The number of hydrogen-bond donors (Lipinski definition) is 4. The molecule has 5 rings (SSSR count). The minimum atomic E-state index is -5.00. The number of nitrogens with zero attached hydrogens (tertiary/aromatic N) is 6. The number of hydrogen-bond acceptors (Lipinski definition) is 13. The van der Waals surface area contributed by atoms with Crippen molar-refractivity contribution in [2.45, 2.75) is 16.7 Å². The molecule has 0 amide bonds. The molecule has 0 atom stereocenters. The molecule has 1 heterocycles. The second-order valence-corrected chi connectivity index (χ2v) is 12.8. The average molecular weight is 732 g/mol. The zero-order chi connectivity index (χ0) is 33.4. The number of aryl methyl sites for hydroxylation is 1. The maximum Gasteiger partial charge on any atom is 0.296 e. The Hall–Kier alpha value is -2.94. The van der Waals surface area contributed by atoms with Crippen LogP contribution in [0, 0.1) is 6.92 Å². The predicted molar refractivity (Wildman–Crippen MR) is 181 cm³/mol. The molecule has 0 aliphatic rings. The van der Waals surface area contributed by atoms with E-state index in [1.54, 1.807) is 11.9 Å². The van der Waals surface area contributed by atoms with Gasteiger partial charge in [0, 0.05) is 89.0 Å². The molecule has 0 aliphatic heterocycles. The number of aromatic hydroxyl groups is 1. The number of methoxy groups -OCH3 is 1. The number of halogens is 1. The summed E-state index contributed by atoms with van der Waals surface area (Å²) in [5.41, 5.74) is 1.09. The van der Waals surface area contributed by atoms with Crippen molar-refractivity contribution >= 4 is 136 Å². The molecule has 20 heteroatoms. The van der Waals surface area contributed by atoms with Crippen molar-refractivity contribution in [1.82, 2.24) is 15.0 Å². The van der Waals surface area contributed by atoms with Gasteiger partial charge in [0.25, 0.3) is 20.2 Å². The van der Waals surface area contributed by atoms with E-state index >= 15 is 0 Å². The fourth-order valence-electron chi connectivity index (χ4n) is 4.46. The second-order valence-electron chi connectivity index (χ2n) is 9.69. The summed E-state index contributed by atoms with van der Waals surface area (Å²) >= 11 is 6.19. The van der Waals surface area contributed by atoms with Gasteiger partial charge in [-0.3, -0.25) is 9.11 Å². The molecule has 0 saturated heterocycles. The molecule has 5 aromatic rings. The Bertz CT molecular complexity index is 2260. The summed E-state index contributed by atoms with van der Waals surface area (Å²) in [4.78, 5) is 12.9. The molecule has 0 unspecified atom stereocenters. The molecule has 240 valence electrons. The molecule has 1 aromatic heterocycles. The van der Waals surface area contributed by atoms with Crippen LogP contribution >= 0.6 is 11.6 Å². The summed E-state index contributed by atoms with van der Waals surface area (Å²) in [7, 11) is -6.77. The average Bonchev–Trinajstić information content (AvgIpc) is 2.99. The van der Waals surface area contributed by atoms with Crippen molar-refractivity contribution < 1.29 is 35.8 Å². The zero-order valence-electron chi connectivity index (χ0n) is 26.1. The third-order valence-electron chi connectivity index (χ3n) is 6.66. The number of nitrogens with one attached hydrogen (secondary N) is 1. The first kappa shape index (κ1) is 39.5. The van der Waals surface area contributed by atoms with Gasteiger partial charge in [-0.1, -0.05) is 18.2 Å². The Morgan fingerprint density at radius 3 is 2.21 bits per heavy atom. The van der Waals surface area contributed by atoms with Gasteiger partial charge in [0.2, 0.25) is 17.2 Å². The Balaban J connectivity index is 0.00000312. The van der Waals surface area contributed by atoms with E-state index in [2.05, 4.69) is 30.5 Å². The van der Waals surface area contributed by atoms with E-state index in [1.807, 2.05) is 31.2 Å². The van der Waals surface area contributed by atoms with E-state index in [9.17, 15) is 31.0 Å². The van der Waals surface area contributed by atoms with Gasteiger partial charge >= 0.3 is 0 Å². The van der Waals surface area contributed by atoms with Gasteiger partial charge in [-0.05, 0) is 71.9 Å². The number of para-hydroxylation sites is 1. The van der Waals surface area contributed by atoms with Gasteiger partial charge in [0.15, 0.2) is 5.75 Å². The van der Waals surface area contributed by atoms with E-state index < -0.39 is 47.2 Å². The van der Waals surface area contributed by atoms with Crippen LogP contribution in [0.4, 0.5) is 34.6 Å². The fraction of sp³-hybridized carbons (Fsp3) is 0.107. The third kappa shape index (κ3) is 8.80. The normalized spacial score (nSPS) is 11.5. The number of phenolic OH excluding ortho intramolecular Hbond substituents is 1. The molecular weight excluding hydrogens is 708 g/mol. The first-order valence-corrected chi connectivity index (χ1v) is 16.2. The Labute approximate surface area is 324 Å². The Morgan fingerprint density at radius 2 is 1.56 bits per heavy atom. The molecule has 4 aromatic carbocycles. The number of benzene rings is 4. The van der Waals surface area contributed by atoms with Gasteiger partial charge in [0.05, 0.1) is 7.11 Å². The fourth-order valence-corrected chi connectivity index (χ4v) is 5.91. The Morgan fingerprint density at radius 1 is 0.875 bits per heavy atom. The van der Waals surface area contributed by atoms with E-state index in [0.29, 0.717) is 5.69 Å². The van der Waals surface area contributed by atoms with Crippen molar-refractivity contribution in [3.8, 4) is 11.5 Å². The molecule has 0 spiro atoms. The van der Waals surface area contributed by atoms with E-state index in [4.69, 9.17) is 16.3 Å². The van der Waals surface area contributed by atoms with Crippen molar-refractivity contribution in [2.75, 3.05) is 24.4 Å². The number of ether oxygens (including phenoxy) is 1. The predicted octanol–water partition coefficient (Wildman–Crippen LogP) is 5.36. The summed E-state index contributed by atoms with van der Waals surface area (Å²) < 4.78 is 73.1. The minimum absolute atomic E-state index is 0. The van der Waals surface area contributed by atoms with Crippen LogP contribution in [-0.4, -0.2) is 119 Å². The molecular formula is C28H24ClN7Na2O8S2. The monoisotopic (exact) mass is 731 g/mol. The zero-order valence-corrected chi connectivity index (χ0v) is 32.5. The number of fused-ring (bicyclic) bond motifs is 1. The standard InChI is InChI=1S/C28H24ClN7O8S2.2Na/c1-15-6-4-5-7-21(15)36(2)28-32-26(29)31-27(33-28)30-17-8-10-19-16(12-17)13-23(46(41,42)43)24(25(19)37)35-34-20-11-9-18(44-3)14-22(20)45(38,39)40;;/h4-14,37H,1-3H3,(H,38,39,40)(H,41,42,43)(H,30,31,32,33);;. The molecule has 4 N–H and O–H groups in total. The number of aromatic nitrogens is 3. The van der Waals surface area contributed by atoms with Crippen molar-refractivity contribution in [1.29, 1.82) is 0 Å². The van der Waals surface area contributed by atoms with Crippen molar-refractivity contribution in [2.24, 2.45) is 10.2 Å². The minimum Gasteiger partial charge on any atom is -0.505 e. The third-order valence-corrected chi connectivity index (χ3v) is 8.58. The van der Waals surface area contributed by atoms with Crippen LogP contribution in [0.3, 0.4) is 0 Å². The molecule has 48 heavy (non-hydrogen) atoms. The first-order chi connectivity index (χ1) is 21.7. The van der Waals surface area contributed by atoms with Gasteiger partial charge in [-0.2, -0.15) is 31.8 Å². The summed E-state index contributed by atoms with van der Waals surface area (Å²) in [6, 6.07) is 16.5. The molecule has 0 bridgehead atoms. The summed E-state index contributed by atoms with van der Waals surface area (Å²) in [6.07, 6.45) is 0.